The van der Waals surface area contributed by atoms with Gasteiger partial charge in [-0.2, -0.15) is 26.3 Å². The van der Waals surface area contributed by atoms with E-state index in [-0.39, 0.29) is 23.5 Å². The average molecular weight is 465 g/mol. The van der Waals surface area contributed by atoms with E-state index in [9.17, 15) is 26.3 Å². The van der Waals surface area contributed by atoms with Crippen molar-refractivity contribution in [2.24, 2.45) is 23.7 Å². The molecule has 5 unspecified atom stereocenters. The SMILES string of the molecule is CCCCC1CCCCC1CCC(C)C(C)C(C)c1cc(C(F)(F)F)cc(C(F)(F)F)c1. The summed E-state index contributed by atoms with van der Waals surface area (Å²) >= 11 is 0. The minimum Gasteiger partial charge on any atom is -0.166 e. The Morgan fingerprint density at radius 2 is 1.31 bits per heavy atom. The lowest BCUT2D eigenvalue weighted by molar-refractivity contribution is -0.143. The van der Waals surface area contributed by atoms with Gasteiger partial charge < -0.3 is 0 Å². The van der Waals surface area contributed by atoms with Gasteiger partial charge in [0.05, 0.1) is 11.1 Å². The summed E-state index contributed by atoms with van der Waals surface area (Å²) in [6, 6.07) is 2.00. The zero-order valence-electron chi connectivity index (χ0n) is 19.8. The van der Waals surface area contributed by atoms with Crippen LogP contribution in [-0.2, 0) is 12.4 Å². The van der Waals surface area contributed by atoms with Crippen molar-refractivity contribution >= 4 is 0 Å². The molecule has 1 aliphatic carbocycles. The molecule has 0 heterocycles. The third-order valence-corrected chi connectivity index (χ3v) is 7.81. The van der Waals surface area contributed by atoms with Gasteiger partial charge in [0.25, 0.3) is 0 Å². The zero-order valence-corrected chi connectivity index (χ0v) is 19.8. The molecular weight excluding hydrogens is 426 g/mol. The highest BCUT2D eigenvalue weighted by atomic mass is 19.4. The Hall–Kier alpha value is -1.20. The molecule has 1 aromatic carbocycles. The van der Waals surface area contributed by atoms with E-state index in [1.54, 1.807) is 6.92 Å². The standard InChI is InChI=1S/C26H38F6/c1-5-6-9-20-10-7-8-11-21(20)13-12-17(2)18(3)19(4)22-14-23(25(27,28)29)16-24(15-22)26(30,31)32/h14-21H,5-13H2,1-4H3. The Balaban J connectivity index is 2.11. The lowest BCUT2D eigenvalue weighted by Gasteiger charge is -2.34. The Morgan fingerprint density at radius 1 is 0.812 bits per heavy atom. The summed E-state index contributed by atoms with van der Waals surface area (Å²) in [5.74, 6) is 1.28. The van der Waals surface area contributed by atoms with Crippen LogP contribution in [0.1, 0.15) is 108 Å². The van der Waals surface area contributed by atoms with Gasteiger partial charge in [-0.25, -0.2) is 0 Å². The summed E-state index contributed by atoms with van der Waals surface area (Å²) in [5, 5.41) is 0. The molecule has 0 bridgehead atoms. The molecule has 0 nitrogen and oxygen atoms in total. The van der Waals surface area contributed by atoms with Crippen molar-refractivity contribution in [3.8, 4) is 0 Å². The highest BCUT2D eigenvalue weighted by Gasteiger charge is 2.38. The van der Waals surface area contributed by atoms with Crippen LogP contribution >= 0.6 is 0 Å². The first-order valence-electron chi connectivity index (χ1n) is 12.1. The molecule has 0 aromatic heterocycles. The fraction of sp³-hybridized carbons (Fsp3) is 0.769. The van der Waals surface area contributed by atoms with Crippen molar-refractivity contribution in [3.05, 3.63) is 34.9 Å². The molecule has 1 aliphatic rings. The highest BCUT2D eigenvalue weighted by Crippen LogP contribution is 2.42. The molecule has 6 heteroatoms. The number of halogens is 6. The molecule has 0 radical (unpaired) electrons. The van der Waals surface area contributed by atoms with Crippen LogP contribution in [0.4, 0.5) is 26.3 Å². The van der Waals surface area contributed by atoms with Crippen LogP contribution in [0.15, 0.2) is 18.2 Å². The van der Waals surface area contributed by atoms with E-state index in [1.165, 1.54) is 44.9 Å². The third-order valence-electron chi connectivity index (χ3n) is 7.81. The van der Waals surface area contributed by atoms with Gasteiger partial charge in [-0.1, -0.05) is 79.1 Å². The molecule has 0 amide bonds. The van der Waals surface area contributed by atoms with E-state index in [0.717, 1.165) is 30.9 Å². The van der Waals surface area contributed by atoms with Crippen LogP contribution in [0.25, 0.3) is 0 Å². The first-order chi connectivity index (χ1) is 14.8. The Kier molecular flexibility index (Phi) is 9.54. The Labute approximate surface area is 189 Å². The van der Waals surface area contributed by atoms with Crippen molar-refractivity contribution in [3.63, 3.8) is 0 Å². The molecule has 184 valence electrons. The summed E-state index contributed by atoms with van der Waals surface area (Å²) in [4.78, 5) is 0. The van der Waals surface area contributed by atoms with Gasteiger partial charge in [0.2, 0.25) is 0 Å². The average Bonchev–Trinajstić information content (AvgIpc) is 2.73. The second-order valence-corrected chi connectivity index (χ2v) is 9.99. The van der Waals surface area contributed by atoms with E-state index >= 15 is 0 Å². The third kappa shape index (κ3) is 7.41. The summed E-state index contributed by atoms with van der Waals surface area (Å²) in [5.41, 5.74) is -2.34. The zero-order chi connectivity index (χ0) is 24.1. The molecule has 0 N–H and O–H groups in total. The summed E-state index contributed by atoms with van der Waals surface area (Å²) in [7, 11) is 0. The molecule has 1 saturated carbocycles. The largest absolute Gasteiger partial charge is 0.416 e. The van der Waals surface area contributed by atoms with E-state index < -0.39 is 29.4 Å². The van der Waals surface area contributed by atoms with E-state index in [1.807, 2.05) is 6.92 Å². The molecule has 0 spiro atoms. The minimum absolute atomic E-state index is 0.0164. The second kappa shape index (κ2) is 11.3. The first kappa shape index (κ1) is 27.0. The van der Waals surface area contributed by atoms with Gasteiger partial charge in [0.15, 0.2) is 0 Å². The smallest absolute Gasteiger partial charge is 0.166 e. The lowest BCUT2D eigenvalue weighted by atomic mass is 9.72. The lowest BCUT2D eigenvalue weighted by Crippen LogP contribution is -2.22. The van der Waals surface area contributed by atoms with Gasteiger partial charge in [0, 0.05) is 0 Å². The fourth-order valence-corrected chi connectivity index (χ4v) is 5.29. The molecule has 0 aliphatic heterocycles. The Morgan fingerprint density at radius 3 is 1.78 bits per heavy atom. The monoisotopic (exact) mass is 464 g/mol. The topological polar surface area (TPSA) is 0 Å². The van der Waals surface area contributed by atoms with E-state index in [4.69, 9.17) is 0 Å². The van der Waals surface area contributed by atoms with Crippen molar-refractivity contribution < 1.29 is 26.3 Å². The maximum absolute atomic E-state index is 13.2. The van der Waals surface area contributed by atoms with Gasteiger partial charge in [0.1, 0.15) is 0 Å². The maximum atomic E-state index is 13.2. The van der Waals surface area contributed by atoms with Crippen LogP contribution in [-0.4, -0.2) is 0 Å². The molecule has 1 aromatic rings. The quantitative estimate of drug-likeness (QED) is 0.319. The first-order valence-corrected chi connectivity index (χ1v) is 12.1. The fourth-order valence-electron chi connectivity index (χ4n) is 5.29. The second-order valence-electron chi connectivity index (χ2n) is 9.99. The number of unbranched alkanes of at least 4 members (excludes halogenated alkanes) is 1. The maximum Gasteiger partial charge on any atom is 0.416 e. The summed E-state index contributed by atoms with van der Waals surface area (Å²) in [6.07, 6.45) is 1.26. The van der Waals surface area contributed by atoms with Crippen LogP contribution < -0.4 is 0 Å². The predicted octanol–water partition coefficient (Wildman–Crippen LogP) is 9.88. The molecule has 5 atom stereocenters. The van der Waals surface area contributed by atoms with Crippen molar-refractivity contribution in [2.45, 2.75) is 104 Å². The molecule has 32 heavy (non-hydrogen) atoms. The van der Waals surface area contributed by atoms with E-state index in [2.05, 4.69) is 13.8 Å². The van der Waals surface area contributed by atoms with Gasteiger partial charge in [-0.3, -0.25) is 0 Å². The summed E-state index contributed by atoms with van der Waals surface area (Å²) in [6.45, 7) is 8.00. The van der Waals surface area contributed by atoms with Crippen LogP contribution in [0.3, 0.4) is 0 Å². The molecule has 1 fully saturated rings. The number of hydrogen-bond acceptors (Lipinski definition) is 0. The van der Waals surface area contributed by atoms with Crippen molar-refractivity contribution in [1.82, 2.24) is 0 Å². The Bertz CT molecular complexity index is 673. The molecule has 0 saturated heterocycles. The number of hydrogen-bond donors (Lipinski definition) is 0. The van der Waals surface area contributed by atoms with Gasteiger partial charge in [-0.15, -0.1) is 0 Å². The number of benzene rings is 1. The molecular formula is C26H38F6. The van der Waals surface area contributed by atoms with Gasteiger partial charge in [-0.05, 0) is 59.8 Å². The normalized spacial score (nSPS) is 23.1. The number of alkyl halides is 6. The minimum atomic E-state index is -4.81. The van der Waals surface area contributed by atoms with Crippen LogP contribution in [0.5, 0.6) is 0 Å². The van der Waals surface area contributed by atoms with Crippen molar-refractivity contribution in [2.75, 3.05) is 0 Å². The van der Waals surface area contributed by atoms with Gasteiger partial charge >= 0.3 is 12.4 Å². The van der Waals surface area contributed by atoms with Crippen molar-refractivity contribution in [1.29, 1.82) is 0 Å². The number of rotatable bonds is 9. The predicted molar refractivity (Wildman–Crippen MR) is 117 cm³/mol. The van der Waals surface area contributed by atoms with E-state index in [0.29, 0.717) is 5.92 Å². The van der Waals surface area contributed by atoms with Crippen LogP contribution in [0, 0.1) is 23.7 Å². The molecule has 2 rings (SSSR count). The summed E-state index contributed by atoms with van der Waals surface area (Å²) < 4.78 is 79.5. The van der Waals surface area contributed by atoms with Crippen LogP contribution in [0.2, 0.25) is 0 Å². The highest BCUT2D eigenvalue weighted by molar-refractivity contribution is 5.35.